The minimum atomic E-state index is -0.170. The highest BCUT2D eigenvalue weighted by Crippen LogP contribution is 2.13. The second-order valence-corrected chi connectivity index (χ2v) is 4.09. The van der Waals surface area contributed by atoms with Gasteiger partial charge in [0.05, 0.1) is 0 Å². The van der Waals surface area contributed by atoms with Gasteiger partial charge in [0.2, 0.25) is 12.3 Å². The summed E-state index contributed by atoms with van der Waals surface area (Å²) in [6, 6.07) is 3.53. The Morgan fingerprint density at radius 2 is 2.00 bits per heavy atom. The Hall–Kier alpha value is -2.18. The molecule has 1 N–H and O–H groups in total. The second-order valence-electron chi connectivity index (χ2n) is 4.09. The molecule has 1 fully saturated rings. The van der Waals surface area contributed by atoms with Crippen molar-refractivity contribution in [1.82, 2.24) is 15.1 Å². The van der Waals surface area contributed by atoms with Crippen molar-refractivity contribution in [2.45, 2.75) is 6.92 Å². The predicted octanol–water partition coefficient (Wildman–Crippen LogP) is -0.287. The summed E-state index contributed by atoms with van der Waals surface area (Å²) in [5.41, 5.74) is 0. The number of hydrogen-bond donors (Lipinski definition) is 1. The van der Waals surface area contributed by atoms with Crippen molar-refractivity contribution in [2.75, 3.05) is 36.4 Å². The molecule has 0 bridgehead atoms. The molecule has 1 aromatic rings. The fraction of sp³-hybridized carbons (Fsp3) is 0.455. The second kappa shape index (κ2) is 5.44. The zero-order chi connectivity index (χ0) is 13.0. The van der Waals surface area contributed by atoms with E-state index in [9.17, 15) is 9.59 Å². The Kier molecular flexibility index (Phi) is 3.71. The van der Waals surface area contributed by atoms with Crippen molar-refractivity contribution < 1.29 is 9.59 Å². The molecule has 1 aliphatic rings. The maximum absolute atomic E-state index is 10.8. The fourth-order valence-electron chi connectivity index (χ4n) is 1.80. The summed E-state index contributed by atoms with van der Waals surface area (Å²) in [5, 5.41) is 10.6. The molecule has 96 valence electrons. The molecule has 0 spiro atoms. The lowest BCUT2D eigenvalue weighted by Crippen LogP contribution is -2.46. The summed E-state index contributed by atoms with van der Waals surface area (Å²) >= 11 is 0. The van der Waals surface area contributed by atoms with E-state index < -0.39 is 0 Å². The van der Waals surface area contributed by atoms with Crippen LogP contribution in [0.5, 0.6) is 0 Å². The lowest BCUT2D eigenvalue weighted by Gasteiger charge is -2.32. The molecule has 1 aromatic heterocycles. The van der Waals surface area contributed by atoms with Crippen LogP contribution in [0.3, 0.4) is 0 Å². The third-order valence-electron chi connectivity index (χ3n) is 2.74. The number of carbonyl (C=O) groups excluding carboxylic acids is 2. The SMILES string of the molecule is CC(=O)Nc1ccc(N2CCN(C=O)CC2)nn1. The third-order valence-corrected chi connectivity index (χ3v) is 2.74. The minimum Gasteiger partial charge on any atom is -0.352 e. The Bertz CT molecular complexity index is 426. The first-order valence-electron chi connectivity index (χ1n) is 5.74. The van der Waals surface area contributed by atoms with Crippen molar-refractivity contribution in [2.24, 2.45) is 0 Å². The van der Waals surface area contributed by atoms with Gasteiger partial charge in [-0.2, -0.15) is 0 Å². The maximum Gasteiger partial charge on any atom is 0.222 e. The third kappa shape index (κ3) is 2.93. The molecule has 1 aliphatic heterocycles. The quantitative estimate of drug-likeness (QED) is 0.745. The summed E-state index contributed by atoms with van der Waals surface area (Å²) in [4.78, 5) is 25.2. The Morgan fingerprint density at radius 3 is 2.50 bits per heavy atom. The van der Waals surface area contributed by atoms with Gasteiger partial charge < -0.3 is 15.1 Å². The maximum atomic E-state index is 10.8. The van der Waals surface area contributed by atoms with Crippen LogP contribution in [0, 0.1) is 0 Å². The van der Waals surface area contributed by atoms with E-state index in [1.54, 1.807) is 11.0 Å². The van der Waals surface area contributed by atoms with Crippen molar-refractivity contribution in [3.63, 3.8) is 0 Å². The first-order chi connectivity index (χ1) is 8.69. The van der Waals surface area contributed by atoms with Crippen LogP contribution in [0.4, 0.5) is 11.6 Å². The van der Waals surface area contributed by atoms with Gasteiger partial charge in [-0.25, -0.2) is 0 Å². The van der Waals surface area contributed by atoms with Crippen LogP contribution >= 0.6 is 0 Å². The average molecular weight is 249 g/mol. The number of nitrogens with zero attached hydrogens (tertiary/aromatic N) is 4. The van der Waals surface area contributed by atoms with Gasteiger partial charge in [0, 0.05) is 33.1 Å². The Labute approximate surface area is 105 Å². The normalized spacial score (nSPS) is 15.4. The van der Waals surface area contributed by atoms with Gasteiger partial charge in [-0.15, -0.1) is 10.2 Å². The molecule has 7 nitrogen and oxygen atoms in total. The number of amides is 2. The molecular weight excluding hydrogens is 234 g/mol. The van der Waals surface area contributed by atoms with Crippen LogP contribution in [0.2, 0.25) is 0 Å². The molecule has 2 rings (SSSR count). The molecule has 0 aromatic carbocycles. The van der Waals surface area contributed by atoms with Gasteiger partial charge in [-0.1, -0.05) is 0 Å². The largest absolute Gasteiger partial charge is 0.352 e. The van der Waals surface area contributed by atoms with E-state index >= 15 is 0 Å². The summed E-state index contributed by atoms with van der Waals surface area (Å²) in [5.74, 6) is 1.03. The van der Waals surface area contributed by atoms with Crippen LogP contribution in [0.25, 0.3) is 0 Å². The van der Waals surface area contributed by atoms with E-state index in [-0.39, 0.29) is 5.91 Å². The van der Waals surface area contributed by atoms with E-state index in [0.717, 1.165) is 25.3 Å². The van der Waals surface area contributed by atoms with Gasteiger partial charge in [0.15, 0.2) is 11.6 Å². The van der Waals surface area contributed by atoms with Gasteiger partial charge >= 0.3 is 0 Å². The molecular formula is C11H15N5O2. The average Bonchev–Trinajstić information content (AvgIpc) is 2.39. The molecule has 18 heavy (non-hydrogen) atoms. The number of aromatic nitrogens is 2. The van der Waals surface area contributed by atoms with Crippen LogP contribution in [-0.2, 0) is 9.59 Å². The summed E-state index contributed by atoms with van der Waals surface area (Å²) in [7, 11) is 0. The van der Waals surface area contributed by atoms with E-state index in [1.165, 1.54) is 6.92 Å². The summed E-state index contributed by atoms with van der Waals surface area (Å²) < 4.78 is 0. The van der Waals surface area contributed by atoms with Crippen molar-refractivity contribution in [1.29, 1.82) is 0 Å². The standard InChI is InChI=1S/C11H15N5O2/c1-9(18)12-10-2-3-11(14-13-10)16-6-4-15(8-17)5-7-16/h2-3,8H,4-7H2,1H3,(H,12,13,18). The van der Waals surface area contributed by atoms with E-state index in [0.29, 0.717) is 18.9 Å². The lowest BCUT2D eigenvalue weighted by atomic mass is 10.3. The molecule has 0 saturated carbocycles. The topological polar surface area (TPSA) is 78.4 Å². The lowest BCUT2D eigenvalue weighted by molar-refractivity contribution is -0.118. The monoisotopic (exact) mass is 249 g/mol. The minimum absolute atomic E-state index is 0.170. The predicted molar refractivity (Wildman–Crippen MR) is 66.2 cm³/mol. The number of hydrogen-bond acceptors (Lipinski definition) is 5. The number of nitrogens with one attached hydrogen (secondary N) is 1. The van der Waals surface area contributed by atoms with E-state index in [2.05, 4.69) is 20.4 Å². The smallest absolute Gasteiger partial charge is 0.222 e. The molecule has 7 heteroatoms. The highest BCUT2D eigenvalue weighted by atomic mass is 16.1. The zero-order valence-electron chi connectivity index (χ0n) is 10.2. The van der Waals surface area contributed by atoms with Crippen molar-refractivity contribution in [3.05, 3.63) is 12.1 Å². The molecule has 2 amide bonds. The number of piperazine rings is 1. The van der Waals surface area contributed by atoms with Crippen LogP contribution in [-0.4, -0.2) is 53.6 Å². The summed E-state index contributed by atoms with van der Waals surface area (Å²) in [6.45, 7) is 4.30. The van der Waals surface area contributed by atoms with Crippen molar-refractivity contribution >= 4 is 24.0 Å². The number of carbonyl (C=O) groups is 2. The molecule has 0 unspecified atom stereocenters. The number of anilines is 2. The van der Waals surface area contributed by atoms with E-state index in [4.69, 9.17) is 0 Å². The van der Waals surface area contributed by atoms with Crippen LogP contribution in [0.1, 0.15) is 6.92 Å². The van der Waals surface area contributed by atoms with E-state index in [1.807, 2.05) is 6.07 Å². The highest BCUT2D eigenvalue weighted by Gasteiger charge is 2.16. The van der Waals surface area contributed by atoms with Gasteiger partial charge in [-0.05, 0) is 12.1 Å². The Morgan fingerprint density at radius 1 is 1.28 bits per heavy atom. The molecule has 0 radical (unpaired) electrons. The molecule has 1 saturated heterocycles. The van der Waals surface area contributed by atoms with Crippen LogP contribution < -0.4 is 10.2 Å². The van der Waals surface area contributed by atoms with Gasteiger partial charge in [-0.3, -0.25) is 9.59 Å². The molecule has 0 atom stereocenters. The van der Waals surface area contributed by atoms with Gasteiger partial charge in [0.25, 0.3) is 0 Å². The zero-order valence-corrected chi connectivity index (χ0v) is 10.2. The molecule has 0 aliphatic carbocycles. The number of rotatable bonds is 3. The van der Waals surface area contributed by atoms with Crippen molar-refractivity contribution in [3.8, 4) is 0 Å². The first kappa shape index (κ1) is 12.3. The Balaban J connectivity index is 1.97. The van der Waals surface area contributed by atoms with Gasteiger partial charge in [0.1, 0.15) is 0 Å². The summed E-state index contributed by atoms with van der Waals surface area (Å²) in [6.07, 6.45) is 0.864. The molecule has 2 heterocycles. The fourth-order valence-corrected chi connectivity index (χ4v) is 1.80. The highest BCUT2D eigenvalue weighted by molar-refractivity contribution is 5.87. The first-order valence-corrected chi connectivity index (χ1v) is 5.74. The van der Waals surface area contributed by atoms with Crippen LogP contribution in [0.15, 0.2) is 12.1 Å².